The third-order valence-electron chi connectivity index (χ3n) is 3.19. The highest BCUT2D eigenvalue weighted by Gasteiger charge is 2.09. The Balaban J connectivity index is 2.48. The zero-order valence-corrected chi connectivity index (χ0v) is 16.1. The minimum atomic E-state index is -2.93. The fraction of sp³-hybridized carbons (Fsp3) is 0.733. The molecule has 0 radical (unpaired) electrons. The lowest BCUT2D eigenvalue weighted by Crippen LogP contribution is -2.43. The van der Waals surface area contributed by atoms with Crippen LogP contribution in [0.4, 0.5) is 0 Å². The van der Waals surface area contributed by atoms with Crippen molar-refractivity contribution in [1.82, 2.24) is 15.6 Å². The van der Waals surface area contributed by atoms with E-state index in [-0.39, 0.29) is 11.8 Å². The molecule has 1 unspecified atom stereocenters. The van der Waals surface area contributed by atoms with Crippen LogP contribution in [0.5, 0.6) is 0 Å². The number of thiazole rings is 1. The molecule has 0 aliphatic carbocycles. The third-order valence-corrected chi connectivity index (χ3v) is 5.37. The van der Waals surface area contributed by atoms with Crippen LogP contribution in [0.15, 0.2) is 11.2 Å². The average molecular weight is 361 g/mol. The van der Waals surface area contributed by atoms with E-state index >= 15 is 0 Å². The fourth-order valence-corrected chi connectivity index (χ4v) is 3.54. The van der Waals surface area contributed by atoms with Crippen LogP contribution in [-0.2, 0) is 22.7 Å². The van der Waals surface area contributed by atoms with Gasteiger partial charge in [-0.2, -0.15) is 0 Å². The van der Waals surface area contributed by atoms with Gasteiger partial charge in [-0.15, -0.1) is 11.3 Å². The van der Waals surface area contributed by atoms with Crippen LogP contribution < -0.4 is 10.6 Å². The van der Waals surface area contributed by atoms with Gasteiger partial charge in [0.05, 0.1) is 10.8 Å². The molecular formula is C15H28N4O2S2. The van der Waals surface area contributed by atoms with E-state index in [0.717, 1.165) is 30.4 Å². The molecular weight excluding hydrogens is 332 g/mol. The number of aliphatic imine (C=N–C) groups is 1. The van der Waals surface area contributed by atoms with E-state index in [1.165, 1.54) is 11.1 Å². The van der Waals surface area contributed by atoms with Crippen molar-refractivity contribution in [3.05, 3.63) is 16.1 Å². The zero-order valence-electron chi connectivity index (χ0n) is 14.4. The topological polar surface area (TPSA) is 83.4 Å². The monoisotopic (exact) mass is 360 g/mol. The first-order chi connectivity index (χ1) is 10.8. The summed E-state index contributed by atoms with van der Waals surface area (Å²) in [4.78, 5) is 10.2. The number of aromatic nitrogens is 1. The van der Waals surface area contributed by atoms with Gasteiger partial charge >= 0.3 is 0 Å². The Morgan fingerprint density at radius 3 is 2.74 bits per heavy atom. The average Bonchev–Trinajstić information content (AvgIpc) is 2.92. The van der Waals surface area contributed by atoms with Crippen LogP contribution in [0.3, 0.4) is 0 Å². The highest BCUT2D eigenvalue weighted by Crippen LogP contribution is 2.13. The predicted molar refractivity (Wildman–Crippen MR) is 98.1 cm³/mol. The molecule has 0 spiro atoms. The number of nitrogens with zero attached hydrogens (tertiary/aromatic N) is 2. The molecule has 132 valence electrons. The quantitative estimate of drug-likeness (QED) is 0.516. The van der Waals surface area contributed by atoms with Crippen LogP contribution in [0.25, 0.3) is 0 Å². The molecule has 0 aliphatic heterocycles. The summed E-state index contributed by atoms with van der Waals surface area (Å²) in [5.74, 6) is 0.903. The van der Waals surface area contributed by atoms with Crippen molar-refractivity contribution in [2.75, 3.05) is 25.1 Å². The van der Waals surface area contributed by atoms with Crippen molar-refractivity contribution in [2.45, 2.75) is 46.1 Å². The lowest BCUT2D eigenvalue weighted by atomic mass is 10.3. The van der Waals surface area contributed by atoms with E-state index in [2.05, 4.69) is 27.5 Å². The maximum atomic E-state index is 11.2. The first-order valence-electron chi connectivity index (χ1n) is 8.00. The third kappa shape index (κ3) is 8.90. The minimum absolute atomic E-state index is 0.0501. The molecule has 23 heavy (non-hydrogen) atoms. The summed E-state index contributed by atoms with van der Waals surface area (Å²) in [5, 5.41) is 7.54. The Bertz CT molecular complexity index is 596. The molecule has 1 rings (SSSR count). The zero-order chi connectivity index (χ0) is 17.3. The molecule has 0 aromatic carbocycles. The Hall–Kier alpha value is -1.15. The number of sulfone groups is 1. The highest BCUT2D eigenvalue weighted by atomic mass is 32.2. The minimum Gasteiger partial charge on any atom is -0.357 e. The SMILES string of the molecule is CCNC(=NCCc1ncc(CC)s1)NC(C)CCS(C)(=O)=O. The van der Waals surface area contributed by atoms with E-state index in [9.17, 15) is 8.42 Å². The van der Waals surface area contributed by atoms with Gasteiger partial charge in [0.25, 0.3) is 0 Å². The molecule has 1 heterocycles. The number of nitrogens with one attached hydrogen (secondary N) is 2. The van der Waals surface area contributed by atoms with Crippen molar-refractivity contribution >= 4 is 27.1 Å². The summed E-state index contributed by atoms with van der Waals surface area (Å²) in [7, 11) is -2.93. The van der Waals surface area contributed by atoms with Gasteiger partial charge in [0.15, 0.2) is 5.96 Å². The molecule has 0 saturated heterocycles. The normalized spacial score (nSPS) is 13.8. The Labute approximate surface area is 143 Å². The van der Waals surface area contributed by atoms with Gasteiger partial charge in [-0.05, 0) is 26.7 Å². The number of rotatable bonds is 9. The molecule has 0 bridgehead atoms. The highest BCUT2D eigenvalue weighted by molar-refractivity contribution is 7.90. The molecule has 0 fully saturated rings. The Morgan fingerprint density at radius 2 is 2.17 bits per heavy atom. The number of guanidine groups is 1. The summed E-state index contributed by atoms with van der Waals surface area (Å²) in [6, 6.07) is 0.0501. The predicted octanol–water partition coefficient (Wildman–Crippen LogP) is 1.63. The lowest BCUT2D eigenvalue weighted by molar-refractivity contribution is 0.581. The van der Waals surface area contributed by atoms with Crippen molar-refractivity contribution in [3.8, 4) is 0 Å². The van der Waals surface area contributed by atoms with Crippen molar-refractivity contribution in [3.63, 3.8) is 0 Å². The summed E-state index contributed by atoms with van der Waals surface area (Å²) in [5.41, 5.74) is 0. The van der Waals surface area contributed by atoms with Crippen molar-refractivity contribution < 1.29 is 8.42 Å². The molecule has 0 amide bonds. The molecule has 0 saturated carbocycles. The van der Waals surface area contributed by atoms with E-state index in [1.54, 1.807) is 11.3 Å². The summed E-state index contributed by atoms with van der Waals surface area (Å²) < 4.78 is 22.4. The molecule has 0 aliphatic rings. The maximum absolute atomic E-state index is 11.2. The Kier molecular flexibility index (Phi) is 8.54. The van der Waals surface area contributed by atoms with Crippen LogP contribution >= 0.6 is 11.3 Å². The largest absolute Gasteiger partial charge is 0.357 e. The van der Waals surface area contributed by atoms with E-state index in [4.69, 9.17) is 0 Å². The van der Waals surface area contributed by atoms with E-state index < -0.39 is 9.84 Å². The van der Waals surface area contributed by atoms with Gasteiger partial charge in [-0.1, -0.05) is 6.92 Å². The lowest BCUT2D eigenvalue weighted by Gasteiger charge is -2.17. The Morgan fingerprint density at radius 1 is 1.43 bits per heavy atom. The van der Waals surface area contributed by atoms with Gasteiger partial charge in [-0.3, -0.25) is 4.99 Å². The fourth-order valence-electron chi connectivity index (χ4n) is 1.91. The number of hydrogen-bond acceptors (Lipinski definition) is 5. The molecule has 6 nitrogen and oxygen atoms in total. The van der Waals surface area contributed by atoms with Gasteiger partial charge < -0.3 is 10.6 Å². The molecule has 1 aromatic heterocycles. The molecule has 1 atom stereocenters. The molecule has 1 aromatic rings. The maximum Gasteiger partial charge on any atom is 0.191 e. The number of hydrogen-bond donors (Lipinski definition) is 2. The summed E-state index contributed by atoms with van der Waals surface area (Å²) in [6.45, 7) is 7.52. The second-order valence-corrected chi connectivity index (χ2v) is 9.01. The first-order valence-corrected chi connectivity index (χ1v) is 10.9. The summed E-state index contributed by atoms with van der Waals surface area (Å²) >= 11 is 1.73. The van der Waals surface area contributed by atoms with Gasteiger partial charge in [0.1, 0.15) is 9.84 Å². The van der Waals surface area contributed by atoms with E-state index in [1.807, 2.05) is 20.0 Å². The van der Waals surface area contributed by atoms with Crippen molar-refractivity contribution in [2.24, 2.45) is 4.99 Å². The molecule has 2 N–H and O–H groups in total. The van der Waals surface area contributed by atoms with E-state index in [0.29, 0.717) is 13.0 Å². The smallest absolute Gasteiger partial charge is 0.191 e. The van der Waals surface area contributed by atoms with Crippen LogP contribution in [0.1, 0.15) is 37.1 Å². The second-order valence-electron chi connectivity index (χ2n) is 5.55. The number of aryl methyl sites for hydroxylation is 1. The van der Waals surface area contributed by atoms with Crippen LogP contribution in [-0.4, -0.2) is 50.5 Å². The first kappa shape index (κ1) is 19.9. The molecule has 8 heteroatoms. The standard InChI is InChI=1S/C15H28N4O2S2/c1-5-13-11-18-14(22-13)7-9-17-15(16-6-2)19-12(3)8-10-23(4,20)21/h11-12H,5-10H2,1-4H3,(H2,16,17,19). The van der Waals surface area contributed by atoms with Crippen molar-refractivity contribution in [1.29, 1.82) is 0 Å². The van der Waals surface area contributed by atoms with Gasteiger partial charge in [-0.25, -0.2) is 13.4 Å². The van der Waals surface area contributed by atoms with Gasteiger partial charge in [0, 0.05) is 42.9 Å². The van der Waals surface area contributed by atoms with Crippen LogP contribution in [0.2, 0.25) is 0 Å². The second kappa shape index (κ2) is 9.87. The van der Waals surface area contributed by atoms with Crippen LogP contribution in [0, 0.1) is 0 Å². The summed E-state index contributed by atoms with van der Waals surface area (Å²) in [6.07, 6.45) is 5.59. The van der Waals surface area contributed by atoms with Gasteiger partial charge in [0.2, 0.25) is 0 Å².